The molecule has 2 aromatic heterocycles. The zero-order chi connectivity index (χ0) is 15.5. The highest BCUT2D eigenvalue weighted by Gasteiger charge is 2.25. The topological polar surface area (TPSA) is 114 Å². The molecule has 0 saturated carbocycles. The van der Waals surface area contributed by atoms with Crippen molar-refractivity contribution in [1.82, 2.24) is 9.71 Å². The minimum atomic E-state index is -3.82. The van der Waals surface area contributed by atoms with Crippen LogP contribution in [0.15, 0.2) is 34.7 Å². The lowest BCUT2D eigenvalue weighted by Crippen LogP contribution is -2.22. The van der Waals surface area contributed by atoms with E-state index in [1.54, 1.807) is 24.4 Å². The van der Waals surface area contributed by atoms with Crippen LogP contribution < -0.4 is 10.0 Å². The molecule has 10 heteroatoms. The highest BCUT2D eigenvalue weighted by molar-refractivity contribution is 7.91. The molecule has 0 unspecified atom stereocenters. The molecule has 112 valence electrons. The van der Waals surface area contributed by atoms with Crippen molar-refractivity contribution in [2.45, 2.75) is 10.8 Å². The average Bonchev–Trinajstić information content (AvgIpc) is 2.92. The van der Waals surface area contributed by atoms with Crippen LogP contribution in [0, 0.1) is 10.1 Å². The Bertz CT molecular complexity index is 743. The van der Waals surface area contributed by atoms with Crippen LogP contribution in [0.2, 0.25) is 0 Å². The van der Waals surface area contributed by atoms with Gasteiger partial charge in [0.2, 0.25) is 0 Å². The third-order valence-corrected chi connectivity index (χ3v) is 5.56. The third kappa shape index (κ3) is 3.54. The van der Waals surface area contributed by atoms with Gasteiger partial charge >= 0.3 is 5.69 Å². The monoisotopic (exact) mass is 328 g/mol. The highest BCUT2D eigenvalue weighted by Crippen LogP contribution is 2.36. The Morgan fingerprint density at radius 2 is 2.19 bits per heavy atom. The van der Waals surface area contributed by atoms with Gasteiger partial charge in [0.25, 0.3) is 10.0 Å². The SMILES string of the molecule is CNc1sc(S(=O)(=O)NCc2ccccn2)cc1[N+](=O)[O-]. The number of rotatable bonds is 6. The number of hydrogen-bond donors (Lipinski definition) is 2. The summed E-state index contributed by atoms with van der Waals surface area (Å²) < 4.78 is 26.5. The predicted molar refractivity (Wildman–Crippen MR) is 78.8 cm³/mol. The van der Waals surface area contributed by atoms with E-state index in [2.05, 4.69) is 15.0 Å². The van der Waals surface area contributed by atoms with E-state index in [0.717, 1.165) is 17.4 Å². The van der Waals surface area contributed by atoms with E-state index in [-0.39, 0.29) is 21.4 Å². The molecule has 0 fully saturated rings. The summed E-state index contributed by atoms with van der Waals surface area (Å²) in [6.07, 6.45) is 1.55. The molecule has 0 radical (unpaired) electrons. The van der Waals surface area contributed by atoms with Crippen LogP contribution in [-0.2, 0) is 16.6 Å². The largest absolute Gasteiger partial charge is 0.374 e. The van der Waals surface area contributed by atoms with E-state index in [1.807, 2.05) is 0 Å². The van der Waals surface area contributed by atoms with Crippen molar-refractivity contribution in [1.29, 1.82) is 0 Å². The van der Waals surface area contributed by atoms with Gasteiger partial charge in [-0.2, -0.15) is 0 Å². The van der Waals surface area contributed by atoms with Crippen molar-refractivity contribution in [3.63, 3.8) is 0 Å². The second-order valence-corrected chi connectivity index (χ2v) is 6.98. The van der Waals surface area contributed by atoms with Crippen molar-refractivity contribution < 1.29 is 13.3 Å². The maximum Gasteiger partial charge on any atom is 0.304 e. The Morgan fingerprint density at radius 1 is 1.43 bits per heavy atom. The van der Waals surface area contributed by atoms with Crippen LogP contribution in [0.5, 0.6) is 0 Å². The van der Waals surface area contributed by atoms with Crippen molar-refractivity contribution >= 4 is 32.0 Å². The van der Waals surface area contributed by atoms with Crippen LogP contribution in [0.3, 0.4) is 0 Å². The molecule has 0 amide bonds. The Hall–Kier alpha value is -2.04. The highest BCUT2D eigenvalue weighted by atomic mass is 32.2. The van der Waals surface area contributed by atoms with Crippen molar-refractivity contribution in [2.75, 3.05) is 12.4 Å². The maximum atomic E-state index is 12.1. The Kier molecular flexibility index (Phi) is 4.50. The number of anilines is 1. The van der Waals surface area contributed by atoms with E-state index in [1.165, 1.54) is 7.05 Å². The van der Waals surface area contributed by atoms with Gasteiger partial charge < -0.3 is 5.32 Å². The fourth-order valence-electron chi connectivity index (χ4n) is 1.55. The van der Waals surface area contributed by atoms with Gasteiger partial charge in [0, 0.05) is 19.3 Å². The van der Waals surface area contributed by atoms with E-state index >= 15 is 0 Å². The first-order valence-electron chi connectivity index (χ1n) is 5.79. The number of nitrogens with zero attached hydrogens (tertiary/aromatic N) is 2. The lowest BCUT2D eigenvalue weighted by atomic mass is 10.4. The second kappa shape index (κ2) is 6.16. The van der Waals surface area contributed by atoms with Crippen molar-refractivity contribution in [3.05, 3.63) is 46.3 Å². The van der Waals surface area contributed by atoms with Crippen LogP contribution >= 0.6 is 11.3 Å². The first-order valence-corrected chi connectivity index (χ1v) is 8.09. The molecule has 0 aliphatic rings. The van der Waals surface area contributed by atoms with Crippen LogP contribution in [0.1, 0.15) is 5.69 Å². The van der Waals surface area contributed by atoms with Crippen molar-refractivity contribution in [2.24, 2.45) is 0 Å². The summed E-state index contributed by atoms with van der Waals surface area (Å²) in [5.41, 5.74) is 0.293. The van der Waals surface area contributed by atoms with Gasteiger partial charge in [-0.1, -0.05) is 17.4 Å². The summed E-state index contributed by atoms with van der Waals surface area (Å²) in [5.74, 6) is 0. The molecule has 0 aliphatic carbocycles. The first-order chi connectivity index (χ1) is 9.94. The standard InChI is InChI=1S/C11H12N4O4S2/c1-12-11-9(15(16)17)6-10(20-11)21(18,19)14-7-8-4-2-3-5-13-8/h2-6,12,14H,7H2,1H3. The molecule has 2 aromatic rings. The first kappa shape index (κ1) is 15.4. The second-order valence-electron chi connectivity index (χ2n) is 3.93. The third-order valence-electron chi connectivity index (χ3n) is 2.55. The van der Waals surface area contributed by atoms with Gasteiger partial charge in [-0.05, 0) is 12.1 Å². The molecule has 0 atom stereocenters. The summed E-state index contributed by atoms with van der Waals surface area (Å²) in [6, 6.07) is 6.18. The molecule has 2 rings (SSSR count). The molecule has 2 heterocycles. The van der Waals surface area contributed by atoms with Crippen molar-refractivity contribution in [3.8, 4) is 0 Å². The van der Waals surface area contributed by atoms with E-state index in [4.69, 9.17) is 0 Å². The maximum absolute atomic E-state index is 12.1. The molecule has 0 aromatic carbocycles. The lowest BCUT2D eigenvalue weighted by molar-refractivity contribution is -0.383. The van der Waals surface area contributed by atoms with Crippen LogP contribution in [0.25, 0.3) is 0 Å². The van der Waals surface area contributed by atoms with E-state index < -0.39 is 14.9 Å². The minimum Gasteiger partial charge on any atom is -0.374 e. The number of nitrogens with one attached hydrogen (secondary N) is 2. The number of thiophene rings is 1. The van der Waals surface area contributed by atoms with Gasteiger partial charge in [0.05, 0.1) is 17.2 Å². The average molecular weight is 328 g/mol. The summed E-state index contributed by atoms with van der Waals surface area (Å²) in [5, 5.41) is 13.7. The number of sulfonamides is 1. The Balaban J connectivity index is 2.22. The summed E-state index contributed by atoms with van der Waals surface area (Å²) >= 11 is 0.806. The Labute approximate surface area is 125 Å². The molecular weight excluding hydrogens is 316 g/mol. The van der Waals surface area contributed by atoms with E-state index in [9.17, 15) is 18.5 Å². The molecule has 21 heavy (non-hydrogen) atoms. The Morgan fingerprint density at radius 3 is 2.71 bits per heavy atom. The van der Waals surface area contributed by atoms with Gasteiger partial charge in [0.15, 0.2) is 5.00 Å². The number of pyridine rings is 1. The lowest BCUT2D eigenvalue weighted by Gasteiger charge is -2.03. The molecule has 0 bridgehead atoms. The quantitative estimate of drug-likeness (QED) is 0.614. The number of aromatic nitrogens is 1. The van der Waals surface area contributed by atoms with Gasteiger partial charge in [-0.3, -0.25) is 15.1 Å². The molecule has 0 aliphatic heterocycles. The van der Waals surface area contributed by atoms with Crippen LogP contribution in [-0.4, -0.2) is 25.4 Å². The summed E-state index contributed by atoms with van der Waals surface area (Å²) in [7, 11) is -2.32. The van der Waals surface area contributed by atoms with Crippen LogP contribution in [0.4, 0.5) is 10.7 Å². The number of hydrogen-bond acceptors (Lipinski definition) is 7. The smallest absolute Gasteiger partial charge is 0.304 e. The molecular formula is C11H12N4O4S2. The number of nitro groups is 1. The predicted octanol–water partition coefficient (Wildman–Crippen LogP) is 1.57. The van der Waals surface area contributed by atoms with Gasteiger partial charge in [-0.15, -0.1) is 0 Å². The summed E-state index contributed by atoms with van der Waals surface area (Å²) in [6.45, 7) is 0.0176. The van der Waals surface area contributed by atoms with Gasteiger partial charge in [0.1, 0.15) is 4.21 Å². The fourth-order valence-corrected chi connectivity index (χ4v) is 3.87. The van der Waals surface area contributed by atoms with Gasteiger partial charge in [-0.25, -0.2) is 13.1 Å². The molecule has 8 nitrogen and oxygen atoms in total. The molecule has 0 spiro atoms. The van der Waals surface area contributed by atoms with E-state index in [0.29, 0.717) is 5.69 Å². The molecule has 2 N–H and O–H groups in total. The normalized spacial score (nSPS) is 11.3. The minimum absolute atomic E-state index is 0.0176. The summed E-state index contributed by atoms with van der Waals surface area (Å²) in [4.78, 5) is 14.2. The fraction of sp³-hybridized carbons (Fsp3) is 0.182. The zero-order valence-corrected chi connectivity index (χ0v) is 12.6. The molecule has 0 saturated heterocycles. The zero-order valence-electron chi connectivity index (χ0n) is 10.9.